The molecule has 0 fully saturated rings. The van der Waals surface area contributed by atoms with Crippen LogP contribution in [0.4, 0.5) is 0 Å². The first kappa shape index (κ1) is 31.9. The van der Waals surface area contributed by atoms with E-state index in [4.69, 9.17) is 12.3 Å². The molecule has 0 spiro atoms. The highest BCUT2D eigenvalue weighted by Gasteiger charge is 2.34. The Morgan fingerprint density at radius 3 is 1.94 bits per heavy atom. The van der Waals surface area contributed by atoms with Crippen molar-refractivity contribution in [1.82, 2.24) is 0 Å². The first-order chi connectivity index (χ1) is 24.0. The lowest BCUT2D eigenvalue weighted by Gasteiger charge is -2.25. The highest BCUT2D eigenvalue weighted by atomic mass is 16.4. The molecule has 8 N–H and O–H groups in total. The van der Waals surface area contributed by atoms with Crippen LogP contribution in [0.3, 0.4) is 0 Å². The predicted octanol–water partition coefficient (Wildman–Crippen LogP) is 7.66. The van der Waals surface area contributed by atoms with E-state index in [1.54, 1.807) is 30.4 Å². The summed E-state index contributed by atoms with van der Waals surface area (Å²) in [6.07, 6.45) is 13.2. The second-order valence-corrected chi connectivity index (χ2v) is 11.9. The lowest BCUT2D eigenvalue weighted by molar-refractivity contribution is 0.330. The zero-order chi connectivity index (χ0) is 35.6. The van der Waals surface area contributed by atoms with Crippen LogP contribution in [0.2, 0.25) is 0 Å². The van der Waals surface area contributed by atoms with E-state index < -0.39 is 62.6 Å². The number of fused-ring (bicyclic) bond motifs is 3. The van der Waals surface area contributed by atoms with Gasteiger partial charge in [0.1, 0.15) is 19.2 Å². The first-order valence-electron chi connectivity index (χ1n) is 15.5. The Bertz CT molecular complexity index is 2510. The third-order valence-electron chi connectivity index (χ3n) is 9.13. The van der Waals surface area contributed by atoms with E-state index in [9.17, 15) is 40.9 Å². The lowest BCUT2D eigenvalue weighted by Crippen LogP contribution is -2.11. The molecule has 10 heteroatoms. The summed E-state index contributed by atoms with van der Waals surface area (Å²) in [4.78, 5) is 0. The summed E-state index contributed by atoms with van der Waals surface area (Å²) in [7, 11) is 6.36. The Morgan fingerprint density at radius 1 is 0.660 bits per heavy atom. The molecule has 0 bridgehead atoms. The van der Waals surface area contributed by atoms with E-state index in [1.807, 2.05) is 61.6 Å². The molecule has 0 unspecified atom stereocenters. The van der Waals surface area contributed by atoms with Gasteiger partial charge in [-0.25, -0.2) is 0 Å². The van der Waals surface area contributed by atoms with Gasteiger partial charge in [0.05, 0.1) is 5.56 Å². The van der Waals surface area contributed by atoms with E-state index in [1.165, 1.54) is 0 Å². The standard InChI is InChI=1S/C40H29BO9/c1-3-4-11-19-18(2)50-40-24(19)16-10-17-25(40)26-20-12-6-5-7-13-22(20)27(23-15-9-8-14-21(23)26)29-28(31(41)35(45)36(46)32(29)42)30-33(43)37(47)39(49)38(48)34(30)44/h3-11,13-17,42-49H,1,12H2,2H3/b11-4-. The minimum atomic E-state index is -1.21. The van der Waals surface area contributed by atoms with Gasteiger partial charge in [-0.3, -0.25) is 0 Å². The molecule has 2 radical (unpaired) electrons. The van der Waals surface area contributed by atoms with Crippen molar-refractivity contribution in [3.8, 4) is 79.4 Å². The van der Waals surface area contributed by atoms with E-state index in [2.05, 4.69) is 6.58 Å². The molecule has 0 atom stereocenters. The molecular weight excluding hydrogens is 635 g/mol. The molecule has 9 nitrogen and oxygen atoms in total. The molecule has 1 aromatic heterocycles. The molecule has 1 aliphatic rings. The van der Waals surface area contributed by atoms with Crippen LogP contribution in [0.5, 0.6) is 46.0 Å². The highest BCUT2D eigenvalue weighted by Crippen LogP contribution is 2.59. The van der Waals surface area contributed by atoms with Crippen LogP contribution in [0, 0.1) is 6.92 Å². The smallest absolute Gasteiger partial charge is 0.208 e. The number of allylic oxidation sites excluding steroid dienone is 5. The lowest BCUT2D eigenvalue weighted by atomic mass is 9.76. The number of phenolic OH excluding ortho intramolecular Hbond substituents is 8. The van der Waals surface area contributed by atoms with Crippen molar-refractivity contribution in [1.29, 1.82) is 0 Å². The van der Waals surface area contributed by atoms with Crippen molar-refractivity contribution in [2.45, 2.75) is 13.3 Å². The maximum Gasteiger partial charge on any atom is 0.208 e. The minimum absolute atomic E-state index is 0.248. The predicted molar refractivity (Wildman–Crippen MR) is 195 cm³/mol. The number of phenols is 8. The summed E-state index contributed by atoms with van der Waals surface area (Å²) in [6.45, 7) is 5.66. The fourth-order valence-electron chi connectivity index (χ4n) is 6.88. The van der Waals surface area contributed by atoms with Gasteiger partial charge in [-0.2, -0.15) is 0 Å². The average Bonchev–Trinajstić information content (AvgIpc) is 3.26. The van der Waals surface area contributed by atoms with Crippen LogP contribution in [0.1, 0.15) is 22.5 Å². The number of furan rings is 1. The summed E-state index contributed by atoms with van der Waals surface area (Å²) in [5.74, 6) is -7.95. The van der Waals surface area contributed by atoms with Gasteiger partial charge in [0.2, 0.25) is 17.2 Å². The van der Waals surface area contributed by atoms with Crippen molar-refractivity contribution in [3.63, 3.8) is 0 Å². The fraction of sp³-hybridized carbons (Fsp3) is 0.0500. The number of hydrogen-bond donors (Lipinski definition) is 8. The van der Waals surface area contributed by atoms with Gasteiger partial charge in [0, 0.05) is 27.6 Å². The van der Waals surface area contributed by atoms with Gasteiger partial charge in [-0.1, -0.05) is 91.6 Å². The Hall–Kier alpha value is -6.68. The zero-order valence-corrected chi connectivity index (χ0v) is 26.6. The van der Waals surface area contributed by atoms with Gasteiger partial charge in [0.15, 0.2) is 28.7 Å². The largest absolute Gasteiger partial charge is 0.505 e. The molecule has 0 saturated heterocycles. The van der Waals surface area contributed by atoms with Crippen LogP contribution < -0.4 is 5.46 Å². The third kappa shape index (κ3) is 4.49. The van der Waals surface area contributed by atoms with E-state index in [0.29, 0.717) is 34.1 Å². The SMILES string of the molecule is [B]c1c(O)c(O)c(O)c(-c2c3c(c(-c4cccc5c(/C=C\C=C)c(C)oc45)c4ccccc24)CC=CC=C3)c1-c1c(O)c(O)c(O)c(O)c1O. The minimum Gasteiger partial charge on any atom is -0.505 e. The van der Waals surface area contributed by atoms with Crippen LogP contribution in [-0.2, 0) is 6.42 Å². The van der Waals surface area contributed by atoms with Gasteiger partial charge in [-0.15, -0.1) is 0 Å². The molecule has 50 heavy (non-hydrogen) atoms. The number of hydrogen-bond acceptors (Lipinski definition) is 9. The molecule has 7 rings (SSSR count). The molecule has 0 aliphatic heterocycles. The second kappa shape index (κ2) is 11.8. The van der Waals surface area contributed by atoms with Crippen molar-refractivity contribution in [2.75, 3.05) is 0 Å². The monoisotopic (exact) mass is 664 g/mol. The van der Waals surface area contributed by atoms with Crippen molar-refractivity contribution in [3.05, 3.63) is 102 Å². The summed E-state index contributed by atoms with van der Waals surface area (Å²) >= 11 is 0. The molecule has 1 aliphatic carbocycles. The molecule has 0 saturated carbocycles. The third-order valence-corrected chi connectivity index (χ3v) is 9.13. The van der Waals surface area contributed by atoms with E-state index in [-0.39, 0.29) is 11.1 Å². The Morgan fingerprint density at radius 2 is 1.26 bits per heavy atom. The summed E-state index contributed by atoms with van der Waals surface area (Å²) in [5.41, 5.74) is 2.72. The number of para-hydroxylation sites is 1. The van der Waals surface area contributed by atoms with Gasteiger partial charge in [-0.05, 0) is 51.8 Å². The number of aryl methyl sites for hydroxylation is 1. The second-order valence-electron chi connectivity index (χ2n) is 11.9. The van der Waals surface area contributed by atoms with Crippen LogP contribution in [0.25, 0.3) is 67.3 Å². The van der Waals surface area contributed by atoms with Crippen molar-refractivity contribution >= 4 is 47.2 Å². The topological polar surface area (TPSA) is 175 Å². The van der Waals surface area contributed by atoms with E-state index >= 15 is 0 Å². The fourth-order valence-corrected chi connectivity index (χ4v) is 6.88. The number of aromatic hydroxyl groups is 8. The normalized spacial score (nSPS) is 12.6. The Labute approximate surface area is 286 Å². The van der Waals surface area contributed by atoms with Gasteiger partial charge < -0.3 is 45.3 Å². The molecule has 0 amide bonds. The van der Waals surface area contributed by atoms with E-state index in [0.717, 1.165) is 27.6 Å². The first-order valence-corrected chi connectivity index (χ1v) is 15.5. The summed E-state index contributed by atoms with van der Waals surface area (Å²) in [5, 5.41) is 88.8. The molecule has 1 heterocycles. The molecule has 246 valence electrons. The number of rotatable bonds is 5. The quantitative estimate of drug-likeness (QED) is 0.0398. The van der Waals surface area contributed by atoms with Gasteiger partial charge in [0.25, 0.3) is 0 Å². The molecule has 6 aromatic rings. The summed E-state index contributed by atoms with van der Waals surface area (Å²) in [6, 6.07) is 13.1. The van der Waals surface area contributed by atoms with Gasteiger partial charge >= 0.3 is 0 Å². The Balaban J connectivity index is 1.69. The Kier molecular flexibility index (Phi) is 7.52. The van der Waals surface area contributed by atoms with Crippen LogP contribution >= 0.6 is 0 Å². The highest BCUT2D eigenvalue weighted by molar-refractivity contribution is 6.40. The maximum atomic E-state index is 11.7. The van der Waals surface area contributed by atoms with Crippen LogP contribution in [-0.4, -0.2) is 48.7 Å². The van der Waals surface area contributed by atoms with Crippen molar-refractivity contribution in [2.24, 2.45) is 0 Å². The van der Waals surface area contributed by atoms with Crippen LogP contribution in [0.15, 0.2) is 83.8 Å². The molecule has 5 aromatic carbocycles. The average molecular weight is 664 g/mol. The zero-order valence-electron chi connectivity index (χ0n) is 26.6. The van der Waals surface area contributed by atoms with Crippen molar-refractivity contribution < 1.29 is 45.3 Å². The number of benzene rings is 5. The molecular formula is C40H29BO9. The summed E-state index contributed by atoms with van der Waals surface area (Å²) < 4.78 is 6.40. The maximum absolute atomic E-state index is 11.7.